The summed E-state index contributed by atoms with van der Waals surface area (Å²) in [5.41, 5.74) is 13.2. The van der Waals surface area contributed by atoms with Crippen LogP contribution in [0.25, 0.3) is 0 Å². The van der Waals surface area contributed by atoms with Crippen molar-refractivity contribution < 1.29 is 14.3 Å². The Hall–Kier alpha value is -2.85. The van der Waals surface area contributed by atoms with Crippen molar-refractivity contribution in [3.05, 3.63) is 34.9 Å². The Bertz CT molecular complexity index is 1060. The van der Waals surface area contributed by atoms with Crippen LogP contribution in [0.15, 0.2) is 23.2 Å². The Labute approximate surface area is 188 Å². The lowest BCUT2D eigenvalue weighted by Gasteiger charge is -2.45. The number of guanidine groups is 1. The number of ether oxygens (including phenoxy) is 1. The van der Waals surface area contributed by atoms with Crippen LogP contribution in [0.4, 0.5) is 0 Å². The number of primary amides is 1. The van der Waals surface area contributed by atoms with Crippen molar-refractivity contribution in [2.45, 2.75) is 63.0 Å². The average Bonchev–Trinajstić information content (AvgIpc) is 3.52. The molecule has 1 aliphatic heterocycles. The molecule has 2 fully saturated rings. The van der Waals surface area contributed by atoms with Crippen molar-refractivity contribution in [3.8, 4) is 11.8 Å². The molecular formula is C25H30N4O3. The fourth-order valence-electron chi connectivity index (χ4n) is 5.79. The molecule has 32 heavy (non-hydrogen) atoms. The minimum absolute atomic E-state index is 0.0521. The monoisotopic (exact) mass is 434 g/mol. The number of methoxy groups -OCH3 is 1. The van der Waals surface area contributed by atoms with E-state index in [2.05, 4.69) is 24.0 Å². The molecule has 4 aliphatic rings. The van der Waals surface area contributed by atoms with E-state index in [9.17, 15) is 9.59 Å². The second-order valence-electron chi connectivity index (χ2n) is 9.66. The van der Waals surface area contributed by atoms with Gasteiger partial charge in [-0.05, 0) is 68.2 Å². The van der Waals surface area contributed by atoms with Crippen LogP contribution in [0, 0.1) is 23.2 Å². The SMILES string of the molecule is COC1CCC2(CC1)Cc1ccc(C#CC3CC3)cc1C21N=C(N)N(CCC(N)=O)C1=O. The molecule has 0 saturated heterocycles. The van der Waals surface area contributed by atoms with Gasteiger partial charge in [-0.2, -0.15) is 0 Å². The topological polar surface area (TPSA) is 111 Å². The van der Waals surface area contributed by atoms with E-state index in [4.69, 9.17) is 21.2 Å². The number of nitrogens with two attached hydrogens (primary N) is 2. The highest BCUT2D eigenvalue weighted by Gasteiger charge is 2.66. The maximum Gasteiger partial charge on any atom is 0.262 e. The molecule has 2 spiro atoms. The van der Waals surface area contributed by atoms with Gasteiger partial charge in [-0.25, -0.2) is 4.99 Å². The third kappa shape index (κ3) is 3.20. The maximum atomic E-state index is 14.0. The lowest BCUT2D eigenvalue weighted by molar-refractivity contribution is -0.138. The van der Waals surface area contributed by atoms with Crippen LogP contribution in [0.5, 0.6) is 0 Å². The van der Waals surface area contributed by atoms with E-state index in [0.29, 0.717) is 5.92 Å². The zero-order chi connectivity index (χ0) is 22.5. The Morgan fingerprint density at radius 3 is 2.69 bits per heavy atom. The zero-order valence-corrected chi connectivity index (χ0v) is 18.5. The molecule has 2 amide bonds. The molecule has 1 heterocycles. The number of hydrogen-bond donors (Lipinski definition) is 2. The number of aliphatic imine (C=N–C) groups is 1. The molecule has 3 aliphatic carbocycles. The van der Waals surface area contributed by atoms with Gasteiger partial charge in [0.05, 0.1) is 6.10 Å². The highest BCUT2D eigenvalue weighted by Crippen LogP contribution is 2.62. The number of nitrogens with zero attached hydrogens (tertiary/aromatic N) is 2. The lowest BCUT2D eigenvalue weighted by Crippen LogP contribution is -2.52. The van der Waals surface area contributed by atoms with E-state index in [-0.39, 0.29) is 36.4 Å². The van der Waals surface area contributed by atoms with E-state index in [1.54, 1.807) is 7.11 Å². The first kappa shape index (κ1) is 21.0. The van der Waals surface area contributed by atoms with Crippen LogP contribution in [-0.2, 0) is 26.3 Å². The molecule has 7 nitrogen and oxygen atoms in total. The molecule has 1 unspecified atom stereocenters. The number of hydrogen-bond acceptors (Lipinski definition) is 5. The second-order valence-corrected chi connectivity index (χ2v) is 9.66. The first-order valence-electron chi connectivity index (χ1n) is 11.5. The average molecular weight is 435 g/mol. The van der Waals surface area contributed by atoms with Crippen LogP contribution in [0.1, 0.15) is 61.6 Å². The molecule has 2 saturated carbocycles. The summed E-state index contributed by atoms with van der Waals surface area (Å²) in [5, 5.41) is 0. The third-order valence-corrected chi connectivity index (χ3v) is 7.71. The van der Waals surface area contributed by atoms with Gasteiger partial charge in [0.15, 0.2) is 11.5 Å². The van der Waals surface area contributed by atoms with E-state index in [1.165, 1.54) is 17.7 Å². The fourth-order valence-corrected chi connectivity index (χ4v) is 5.79. The van der Waals surface area contributed by atoms with Crippen LogP contribution in [0.2, 0.25) is 0 Å². The van der Waals surface area contributed by atoms with Crippen molar-refractivity contribution in [1.29, 1.82) is 0 Å². The molecular weight excluding hydrogens is 404 g/mol. The van der Waals surface area contributed by atoms with Crippen molar-refractivity contribution >= 4 is 17.8 Å². The van der Waals surface area contributed by atoms with Gasteiger partial charge in [0.1, 0.15) is 0 Å². The third-order valence-electron chi connectivity index (χ3n) is 7.71. The van der Waals surface area contributed by atoms with Gasteiger partial charge >= 0.3 is 0 Å². The Morgan fingerprint density at radius 1 is 1.28 bits per heavy atom. The molecule has 5 rings (SSSR count). The summed E-state index contributed by atoms with van der Waals surface area (Å²) in [7, 11) is 1.75. The number of fused-ring (bicyclic) bond motifs is 3. The minimum Gasteiger partial charge on any atom is -0.381 e. The van der Waals surface area contributed by atoms with Crippen molar-refractivity contribution in [2.75, 3.05) is 13.7 Å². The Balaban J connectivity index is 1.59. The predicted octanol–water partition coefficient (Wildman–Crippen LogP) is 1.81. The number of carbonyl (C=O) groups excluding carboxylic acids is 2. The summed E-state index contributed by atoms with van der Waals surface area (Å²) < 4.78 is 5.61. The highest BCUT2D eigenvalue weighted by molar-refractivity contribution is 6.08. The zero-order valence-electron chi connectivity index (χ0n) is 18.5. The Morgan fingerprint density at radius 2 is 2.03 bits per heavy atom. The molecule has 7 heteroatoms. The van der Waals surface area contributed by atoms with Gasteiger partial charge in [0.25, 0.3) is 5.91 Å². The normalized spacial score (nSPS) is 30.9. The lowest BCUT2D eigenvalue weighted by atomic mass is 9.61. The van der Waals surface area contributed by atoms with E-state index < -0.39 is 11.4 Å². The van der Waals surface area contributed by atoms with E-state index >= 15 is 0 Å². The number of carbonyl (C=O) groups is 2. The largest absolute Gasteiger partial charge is 0.381 e. The van der Waals surface area contributed by atoms with Crippen LogP contribution < -0.4 is 11.5 Å². The molecule has 4 N–H and O–H groups in total. The molecule has 0 bridgehead atoms. The van der Waals surface area contributed by atoms with Gasteiger partial charge in [0.2, 0.25) is 5.91 Å². The fraction of sp³-hybridized carbons (Fsp3) is 0.560. The Kier molecular flexibility index (Phi) is 5.01. The molecule has 168 valence electrons. The van der Waals surface area contributed by atoms with E-state index in [1.807, 2.05) is 6.07 Å². The molecule has 1 aromatic rings. The number of rotatable bonds is 4. The van der Waals surface area contributed by atoms with Crippen molar-refractivity contribution in [3.63, 3.8) is 0 Å². The highest BCUT2D eigenvalue weighted by atomic mass is 16.5. The first-order chi connectivity index (χ1) is 15.4. The molecule has 1 aromatic carbocycles. The van der Waals surface area contributed by atoms with Crippen molar-refractivity contribution in [2.24, 2.45) is 27.8 Å². The van der Waals surface area contributed by atoms with Gasteiger partial charge in [-0.3, -0.25) is 14.5 Å². The standard InChI is InChI=1S/C25H30N4O3/c1-32-19-8-11-24(12-9-19)15-18-7-6-17(5-4-16-2-3-16)14-20(18)25(24)22(31)29(23(27)28-25)13-10-21(26)30/h6-7,14,16,19H,2-3,8-13,15H2,1H3,(H2,26,30)(H2,27,28). The predicted molar refractivity (Wildman–Crippen MR) is 120 cm³/mol. The summed E-state index contributed by atoms with van der Waals surface area (Å²) in [6.07, 6.45) is 6.78. The van der Waals surface area contributed by atoms with Gasteiger partial charge in [-0.15, -0.1) is 0 Å². The minimum atomic E-state index is -1.07. The summed E-state index contributed by atoms with van der Waals surface area (Å²) in [4.78, 5) is 31.8. The summed E-state index contributed by atoms with van der Waals surface area (Å²) in [6.45, 7) is 0.151. The smallest absolute Gasteiger partial charge is 0.262 e. The van der Waals surface area contributed by atoms with Gasteiger partial charge in [-0.1, -0.05) is 17.9 Å². The number of amides is 2. The first-order valence-corrected chi connectivity index (χ1v) is 11.5. The number of benzene rings is 1. The molecule has 1 atom stereocenters. The van der Waals surface area contributed by atoms with Gasteiger partial charge < -0.3 is 16.2 Å². The second kappa shape index (κ2) is 7.63. The quantitative estimate of drug-likeness (QED) is 0.704. The van der Waals surface area contributed by atoms with Crippen LogP contribution in [-0.4, -0.2) is 42.4 Å². The summed E-state index contributed by atoms with van der Waals surface area (Å²) >= 11 is 0. The molecule has 0 aromatic heterocycles. The molecule has 0 radical (unpaired) electrons. The van der Waals surface area contributed by atoms with Gasteiger partial charge in [0, 0.05) is 37.0 Å². The summed E-state index contributed by atoms with van der Waals surface area (Å²) in [6, 6.07) is 6.21. The van der Waals surface area contributed by atoms with Crippen molar-refractivity contribution in [1.82, 2.24) is 4.90 Å². The van der Waals surface area contributed by atoms with Crippen LogP contribution in [0.3, 0.4) is 0 Å². The van der Waals surface area contributed by atoms with Crippen LogP contribution >= 0.6 is 0 Å². The van der Waals surface area contributed by atoms with E-state index in [0.717, 1.165) is 48.8 Å². The maximum absolute atomic E-state index is 14.0. The summed E-state index contributed by atoms with van der Waals surface area (Å²) in [5.74, 6) is 6.67.